The highest BCUT2D eigenvalue weighted by Gasteiger charge is 2.26. The zero-order chi connectivity index (χ0) is 14.5. The van der Waals surface area contributed by atoms with Gasteiger partial charge in [0.15, 0.2) is 0 Å². The molecule has 106 valence electrons. The molecule has 0 aromatic heterocycles. The van der Waals surface area contributed by atoms with Crippen molar-refractivity contribution in [1.82, 2.24) is 5.32 Å². The van der Waals surface area contributed by atoms with Gasteiger partial charge in [0, 0.05) is 23.7 Å². The molecule has 6 nitrogen and oxygen atoms in total. The lowest BCUT2D eigenvalue weighted by atomic mass is 9.98. The van der Waals surface area contributed by atoms with Gasteiger partial charge in [-0.2, -0.15) is 0 Å². The Morgan fingerprint density at radius 1 is 1.42 bits per heavy atom. The van der Waals surface area contributed by atoms with E-state index in [2.05, 4.69) is 5.32 Å². The molecule has 1 aromatic carbocycles. The third-order valence-corrected chi connectivity index (χ3v) is 3.54. The van der Waals surface area contributed by atoms with Crippen LogP contribution in [0.5, 0.6) is 0 Å². The number of hydrogen-bond acceptors (Lipinski definition) is 5. The van der Waals surface area contributed by atoms with E-state index in [1.807, 2.05) is 6.92 Å². The molecular formula is C12H17ClN2O4. The van der Waals surface area contributed by atoms with Gasteiger partial charge >= 0.3 is 0 Å². The number of aliphatic hydroxyl groups excluding tert-OH is 2. The van der Waals surface area contributed by atoms with Crippen molar-refractivity contribution in [3.63, 3.8) is 0 Å². The van der Waals surface area contributed by atoms with Crippen LogP contribution >= 0.6 is 11.6 Å². The molecule has 7 heteroatoms. The van der Waals surface area contributed by atoms with Crippen LogP contribution < -0.4 is 5.32 Å². The normalized spacial score (nSPS) is 11.6. The van der Waals surface area contributed by atoms with Crippen molar-refractivity contribution in [3.8, 4) is 0 Å². The summed E-state index contributed by atoms with van der Waals surface area (Å²) < 4.78 is 0. The summed E-state index contributed by atoms with van der Waals surface area (Å²) in [5.41, 5.74) is -0.305. The van der Waals surface area contributed by atoms with Crippen molar-refractivity contribution in [2.45, 2.75) is 25.4 Å². The molecule has 0 aliphatic heterocycles. The zero-order valence-electron chi connectivity index (χ0n) is 10.6. The van der Waals surface area contributed by atoms with Gasteiger partial charge in [0.1, 0.15) is 0 Å². The van der Waals surface area contributed by atoms with Gasteiger partial charge in [-0.15, -0.1) is 0 Å². The molecule has 1 aromatic rings. The van der Waals surface area contributed by atoms with Gasteiger partial charge in [0.25, 0.3) is 5.69 Å². The van der Waals surface area contributed by atoms with Gasteiger partial charge in [-0.3, -0.25) is 10.1 Å². The standard InChI is InChI=1S/C12H17ClN2O4/c1-2-12(7-16,8-17)14-6-9-5-10(15(18)19)3-4-11(9)13/h3-5,14,16-17H,2,6-8H2,1H3. The van der Waals surface area contributed by atoms with Gasteiger partial charge in [0.2, 0.25) is 0 Å². The Morgan fingerprint density at radius 2 is 2.05 bits per heavy atom. The molecule has 0 bridgehead atoms. The van der Waals surface area contributed by atoms with E-state index in [0.717, 1.165) is 0 Å². The van der Waals surface area contributed by atoms with Crippen molar-refractivity contribution in [1.29, 1.82) is 0 Å². The quantitative estimate of drug-likeness (QED) is 0.521. The Hall–Kier alpha value is -1.21. The van der Waals surface area contributed by atoms with Gasteiger partial charge < -0.3 is 15.5 Å². The van der Waals surface area contributed by atoms with E-state index >= 15 is 0 Å². The topological polar surface area (TPSA) is 95.6 Å². The summed E-state index contributed by atoms with van der Waals surface area (Å²) in [6, 6.07) is 4.17. The highest BCUT2D eigenvalue weighted by Crippen LogP contribution is 2.22. The first-order valence-electron chi connectivity index (χ1n) is 5.87. The van der Waals surface area contributed by atoms with E-state index in [1.165, 1.54) is 18.2 Å². The fourth-order valence-corrected chi connectivity index (χ4v) is 1.79. The van der Waals surface area contributed by atoms with E-state index in [9.17, 15) is 20.3 Å². The molecule has 0 aliphatic carbocycles. The third kappa shape index (κ3) is 3.87. The maximum absolute atomic E-state index is 10.7. The average Bonchev–Trinajstić information content (AvgIpc) is 2.42. The minimum Gasteiger partial charge on any atom is -0.394 e. The monoisotopic (exact) mass is 288 g/mol. The number of benzene rings is 1. The van der Waals surface area contributed by atoms with Crippen LogP contribution in [0.4, 0.5) is 5.69 Å². The number of nitrogens with one attached hydrogen (secondary N) is 1. The second-order valence-corrected chi connectivity index (χ2v) is 4.74. The highest BCUT2D eigenvalue weighted by atomic mass is 35.5. The van der Waals surface area contributed by atoms with E-state index < -0.39 is 10.5 Å². The molecule has 1 rings (SSSR count). The van der Waals surface area contributed by atoms with E-state index in [0.29, 0.717) is 17.0 Å². The average molecular weight is 289 g/mol. The first-order valence-corrected chi connectivity index (χ1v) is 6.25. The van der Waals surface area contributed by atoms with Crippen LogP contribution in [0.3, 0.4) is 0 Å². The molecule has 0 saturated heterocycles. The summed E-state index contributed by atoms with van der Waals surface area (Å²) in [5, 5.41) is 32.7. The highest BCUT2D eigenvalue weighted by molar-refractivity contribution is 6.31. The van der Waals surface area contributed by atoms with Crippen molar-refractivity contribution >= 4 is 17.3 Å². The molecule has 0 amide bonds. The summed E-state index contributed by atoms with van der Waals surface area (Å²) >= 11 is 5.97. The van der Waals surface area contributed by atoms with Gasteiger partial charge in [-0.05, 0) is 18.1 Å². The molecule has 19 heavy (non-hydrogen) atoms. The maximum atomic E-state index is 10.7. The van der Waals surface area contributed by atoms with Crippen molar-refractivity contribution in [2.75, 3.05) is 13.2 Å². The zero-order valence-corrected chi connectivity index (χ0v) is 11.4. The Labute approximate surface area is 116 Å². The Kier molecular flexibility index (Phi) is 5.68. The number of aliphatic hydroxyl groups is 2. The van der Waals surface area contributed by atoms with Crippen LogP contribution in [0, 0.1) is 10.1 Å². The van der Waals surface area contributed by atoms with Crippen molar-refractivity contribution in [2.24, 2.45) is 0 Å². The van der Waals surface area contributed by atoms with Crippen LogP contribution in [0.15, 0.2) is 18.2 Å². The molecule has 3 N–H and O–H groups in total. The molecule has 0 unspecified atom stereocenters. The van der Waals surface area contributed by atoms with Crippen LogP contribution in [-0.4, -0.2) is 33.9 Å². The SMILES string of the molecule is CCC(CO)(CO)NCc1cc([N+](=O)[O-])ccc1Cl. The number of non-ortho nitro benzene ring substituents is 1. The molecule has 0 fully saturated rings. The lowest BCUT2D eigenvalue weighted by Gasteiger charge is -2.30. The van der Waals surface area contributed by atoms with Crippen LogP contribution in [-0.2, 0) is 6.54 Å². The Bertz CT molecular complexity index is 441. The van der Waals surface area contributed by atoms with Crippen LogP contribution in [0.25, 0.3) is 0 Å². The minimum absolute atomic E-state index is 0.0451. The summed E-state index contributed by atoms with van der Waals surface area (Å²) in [7, 11) is 0. The maximum Gasteiger partial charge on any atom is 0.269 e. The fraction of sp³-hybridized carbons (Fsp3) is 0.500. The summed E-state index contributed by atoms with van der Waals surface area (Å²) in [5.74, 6) is 0. The summed E-state index contributed by atoms with van der Waals surface area (Å²) in [4.78, 5) is 10.2. The molecule has 0 atom stereocenters. The first kappa shape index (κ1) is 15.8. The number of nitro benzene ring substituents is 1. The molecular weight excluding hydrogens is 272 g/mol. The first-order chi connectivity index (χ1) is 8.98. The number of halogens is 1. The van der Waals surface area contributed by atoms with E-state index in [1.54, 1.807) is 0 Å². The second kappa shape index (κ2) is 6.81. The smallest absolute Gasteiger partial charge is 0.269 e. The molecule has 0 spiro atoms. The van der Waals surface area contributed by atoms with Crippen LogP contribution in [0.2, 0.25) is 5.02 Å². The predicted molar refractivity (Wildman–Crippen MR) is 72.1 cm³/mol. The Balaban J connectivity index is 2.87. The van der Waals surface area contributed by atoms with Gasteiger partial charge in [0.05, 0.1) is 23.7 Å². The lowest BCUT2D eigenvalue weighted by molar-refractivity contribution is -0.384. The number of rotatable bonds is 7. The predicted octanol–water partition coefficient (Wildman–Crippen LogP) is 1.47. The van der Waals surface area contributed by atoms with Crippen molar-refractivity contribution in [3.05, 3.63) is 38.9 Å². The molecule has 0 radical (unpaired) electrons. The number of nitrogens with zero attached hydrogens (tertiary/aromatic N) is 1. The van der Waals surface area contributed by atoms with Crippen LogP contribution in [0.1, 0.15) is 18.9 Å². The third-order valence-electron chi connectivity index (χ3n) is 3.18. The molecule has 0 aliphatic rings. The van der Waals surface area contributed by atoms with E-state index in [4.69, 9.17) is 11.6 Å². The van der Waals surface area contributed by atoms with Gasteiger partial charge in [-0.1, -0.05) is 18.5 Å². The van der Waals surface area contributed by atoms with Crippen molar-refractivity contribution < 1.29 is 15.1 Å². The lowest BCUT2D eigenvalue weighted by Crippen LogP contribution is -2.50. The molecule has 0 heterocycles. The number of hydrogen-bond donors (Lipinski definition) is 3. The number of nitro groups is 1. The Morgan fingerprint density at radius 3 is 2.53 bits per heavy atom. The second-order valence-electron chi connectivity index (χ2n) is 4.34. The fourth-order valence-electron chi connectivity index (χ4n) is 1.60. The minimum atomic E-state index is -0.812. The molecule has 0 saturated carbocycles. The van der Waals surface area contributed by atoms with Gasteiger partial charge in [-0.25, -0.2) is 0 Å². The summed E-state index contributed by atoms with van der Waals surface area (Å²) in [6.45, 7) is 1.60. The van der Waals surface area contributed by atoms with E-state index in [-0.39, 0.29) is 25.4 Å². The summed E-state index contributed by atoms with van der Waals surface area (Å²) in [6.07, 6.45) is 0.520. The largest absolute Gasteiger partial charge is 0.394 e.